The van der Waals surface area contributed by atoms with Gasteiger partial charge in [0, 0.05) is 12.7 Å². The van der Waals surface area contributed by atoms with Crippen LogP contribution >= 0.6 is 0 Å². The van der Waals surface area contributed by atoms with Crippen molar-refractivity contribution in [1.29, 1.82) is 0 Å². The van der Waals surface area contributed by atoms with E-state index >= 15 is 0 Å². The highest BCUT2D eigenvalue weighted by molar-refractivity contribution is 5.83. The summed E-state index contributed by atoms with van der Waals surface area (Å²) in [6.07, 6.45) is 4.70. The molecular formula is C23H27N3O. The van der Waals surface area contributed by atoms with Gasteiger partial charge in [0.05, 0.1) is 17.3 Å². The molecule has 2 aromatic carbocycles. The lowest BCUT2D eigenvalue weighted by molar-refractivity contribution is -0.122. The maximum absolute atomic E-state index is 12.5. The second-order valence-corrected chi connectivity index (χ2v) is 6.79. The minimum atomic E-state index is -0.0752. The molecule has 0 aliphatic heterocycles. The molecule has 4 nitrogen and oxygen atoms in total. The average Bonchev–Trinajstić information content (AvgIpc) is 3.08. The summed E-state index contributed by atoms with van der Waals surface area (Å²) in [4.78, 5) is 12.5. The number of amides is 1. The van der Waals surface area contributed by atoms with Crippen LogP contribution in [0.3, 0.4) is 0 Å². The summed E-state index contributed by atoms with van der Waals surface area (Å²) < 4.78 is 1.92. The van der Waals surface area contributed by atoms with Crippen molar-refractivity contribution in [1.82, 2.24) is 15.1 Å². The fourth-order valence-corrected chi connectivity index (χ4v) is 3.33. The number of carbonyl (C=O) groups is 1. The minimum absolute atomic E-state index is 0.0752. The highest BCUT2D eigenvalue weighted by Gasteiger charge is 2.17. The molecule has 3 rings (SSSR count). The number of para-hydroxylation sites is 1. The Morgan fingerprint density at radius 1 is 1.07 bits per heavy atom. The second-order valence-electron chi connectivity index (χ2n) is 6.79. The predicted octanol–water partition coefficient (Wildman–Crippen LogP) is 4.42. The molecule has 0 saturated carbocycles. The van der Waals surface area contributed by atoms with Crippen LogP contribution in [-0.4, -0.2) is 22.2 Å². The van der Waals surface area contributed by atoms with Gasteiger partial charge in [0.25, 0.3) is 0 Å². The molecule has 0 spiro atoms. The van der Waals surface area contributed by atoms with Gasteiger partial charge in [-0.25, -0.2) is 4.68 Å². The van der Waals surface area contributed by atoms with Gasteiger partial charge in [0.1, 0.15) is 0 Å². The highest BCUT2D eigenvalue weighted by Crippen LogP contribution is 2.19. The highest BCUT2D eigenvalue weighted by atomic mass is 16.1. The van der Waals surface area contributed by atoms with Gasteiger partial charge in [0.2, 0.25) is 5.91 Å². The van der Waals surface area contributed by atoms with Crippen molar-refractivity contribution in [2.24, 2.45) is 0 Å². The Bertz CT molecular complexity index is 856. The molecule has 0 saturated heterocycles. The van der Waals surface area contributed by atoms with E-state index in [0.717, 1.165) is 36.2 Å². The number of aromatic nitrogens is 2. The van der Waals surface area contributed by atoms with E-state index in [-0.39, 0.29) is 11.8 Å². The van der Waals surface area contributed by atoms with E-state index in [1.807, 2.05) is 72.3 Å². The number of carbonyl (C=O) groups excluding carboxylic acids is 1. The smallest absolute Gasteiger partial charge is 0.227 e. The zero-order valence-electron chi connectivity index (χ0n) is 16.1. The first-order chi connectivity index (χ1) is 13.2. The number of rotatable bonds is 8. The lowest BCUT2D eigenvalue weighted by Crippen LogP contribution is -2.30. The Kier molecular flexibility index (Phi) is 6.42. The molecule has 0 aliphatic carbocycles. The SMILES string of the molecule is CC[C@H](C(=O)NCCCc1cn(-c2ccccc2)nc1C)c1ccccc1. The molecular weight excluding hydrogens is 334 g/mol. The van der Waals surface area contributed by atoms with E-state index in [2.05, 4.69) is 23.5 Å². The van der Waals surface area contributed by atoms with Crippen molar-refractivity contribution in [3.8, 4) is 5.69 Å². The molecule has 4 heteroatoms. The van der Waals surface area contributed by atoms with Gasteiger partial charge >= 0.3 is 0 Å². The van der Waals surface area contributed by atoms with Crippen molar-refractivity contribution in [2.75, 3.05) is 6.54 Å². The molecule has 140 valence electrons. The van der Waals surface area contributed by atoms with E-state index in [4.69, 9.17) is 0 Å². The van der Waals surface area contributed by atoms with E-state index < -0.39 is 0 Å². The van der Waals surface area contributed by atoms with E-state index in [1.165, 1.54) is 5.56 Å². The molecule has 0 aliphatic rings. The minimum Gasteiger partial charge on any atom is -0.356 e. The molecule has 1 amide bonds. The Morgan fingerprint density at radius 3 is 2.41 bits per heavy atom. The third-order valence-corrected chi connectivity index (χ3v) is 4.87. The standard InChI is InChI=1S/C23H27N3O/c1-3-22(19-11-6-4-7-12-19)23(27)24-16-10-13-20-17-26(25-18(20)2)21-14-8-5-9-15-21/h4-9,11-12,14-15,17,22H,3,10,13,16H2,1-2H3,(H,24,27)/t22-/m0/s1. The van der Waals surface area contributed by atoms with Crippen LogP contribution in [0.15, 0.2) is 66.9 Å². The van der Waals surface area contributed by atoms with Crippen molar-refractivity contribution >= 4 is 5.91 Å². The summed E-state index contributed by atoms with van der Waals surface area (Å²) >= 11 is 0. The summed E-state index contributed by atoms with van der Waals surface area (Å²) in [5, 5.41) is 7.70. The van der Waals surface area contributed by atoms with Crippen LogP contribution in [0.25, 0.3) is 5.69 Å². The molecule has 1 heterocycles. The number of hydrogen-bond donors (Lipinski definition) is 1. The summed E-state index contributed by atoms with van der Waals surface area (Å²) in [5.74, 6) is 0.0363. The van der Waals surface area contributed by atoms with Gasteiger partial charge in [-0.2, -0.15) is 5.10 Å². The van der Waals surface area contributed by atoms with Crippen molar-refractivity contribution in [3.05, 3.63) is 83.7 Å². The van der Waals surface area contributed by atoms with Crippen LogP contribution in [0.4, 0.5) is 0 Å². The lowest BCUT2D eigenvalue weighted by Gasteiger charge is -2.15. The molecule has 0 fully saturated rings. The molecule has 0 bridgehead atoms. The number of hydrogen-bond acceptors (Lipinski definition) is 2. The zero-order chi connectivity index (χ0) is 19.1. The van der Waals surface area contributed by atoms with Crippen LogP contribution in [0.1, 0.15) is 42.5 Å². The molecule has 1 aromatic heterocycles. The molecule has 1 N–H and O–H groups in total. The number of benzene rings is 2. The fourth-order valence-electron chi connectivity index (χ4n) is 3.33. The third-order valence-electron chi connectivity index (χ3n) is 4.87. The third kappa shape index (κ3) is 4.85. The molecule has 3 aromatic rings. The van der Waals surface area contributed by atoms with Crippen LogP contribution in [-0.2, 0) is 11.2 Å². The van der Waals surface area contributed by atoms with Crippen LogP contribution < -0.4 is 5.32 Å². The van der Waals surface area contributed by atoms with E-state index in [9.17, 15) is 4.79 Å². The zero-order valence-corrected chi connectivity index (χ0v) is 16.1. The van der Waals surface area contributed by atoms with Crippen molar-refractivity contribution in [3.63, 3.8) is 0 Å². The van der Waals surface area contributed by atoms with Crippen molar-refractivity contribution in [2.45, 2.75) is 39.0 Å². The first kappa shape index (κ1) is 18.9. The van der Waals surface area contributed by atoms with Gasteiger partial charge < -0.3 is 5.32 Å². The summed E-state index contributed by atoms with van der Waals surface area (Å²) in [7, 11) is 0. The van der Waals surface area contributed by atoms with Gasteiger partial charge in [-0.05, 0) is 49.4 Å². The molecule has 0 radical (unpaired) electrons. The van der Waals surface area contributed by atoms with E-state index in [0.29, 0.717) is 6.54 Å². The molecule has 27 heavy (non-hydrogen) atoms. The summed E-state index contributed by atoms with van der Waals surface area (Å²) in [6.45, 7) is 4.77. The second kappa shape index (κ2) is 9.17. The predicted molar refractivity (Wildman–Crippen MR) is 109 cm³/mol. The van der Waals surface area contributed by atoms with Crippen LogP contribution in [0.5, 0.6) is 0 Å². The topological polar surface area (TPSA) is 46.9 Å². The summed E-state index contributed by atoms with van der Waals surface area (Å²) in [5.41, 5.74) is 4.41. The Hall–Kier alpha value is -2.88. The van der Waals surface area contributed by atoms with Crippen LogP contribution in [0.2, 0.25) is 0 Å². The number of aryl methyl sites for hydroxylation is 2. The monoisotopic (exact) mass is 361 g/mol. The molecule has 0 unspecified atom stereocenters. The quantitative estimate of drug-likeness (QED) is 0.604. The van der Waals surface area contributed by atoms with Gasteiger partial charge in [-0.1, -0.05) is 55.5 Å². The average molecular weight is 361 g/mol. The maximum Gasteiger partial charge on any atom is 0.227 e. The Balaban J connectivity index is 1.51. The fraction of sp³-hybridized carbons (Fsp3) is 0.304. The lowest BCUT2D eigenvalue weighted by atomic mass is 9.95. The van der Waals surface area contributed by atoms with Crippen LogP contribution in [0, 0.1) is 6.92 Å². The number of nitrogens with one attached hydrogen (secondary N) is 1. The van der Waals surface area contributed by atoms with Gasteiger partial charge in [-0.3, -0.25) is 4.79 Å². The first-order valence-electron chi connectivity index (χ1n) is 9.62. The van der Waals surface area contributed by atoms with Crippen molar-refractivity contribution < 1.29 is 4.79 Å². The maximum atomic E-state index is 12.5. The Labute approximate surface area is 161 Å². The van der Waals surface area contributed by atoms with E-state index in [1.54, 1.807) is 0 Å². The first-order valence-corrected chi connectivity index (χ1v) is 9.62. The number of nitrogens with zero attached hydrogens (tertiary/aromatic N) is 2. The molecule has 1 atom stereocenters. The largest absolute Gasteiger partial charge is 0.356 e. The van der Waals surface area contributed by atoms with Gasteiger partial charge in [-0.15, -0.1) is 0 Å². The summed E-state index contributed by atoms with van der Waals surface area (Å²) in [6, 6.07) is 20.1. The van der Waals surface area contributed by atoms with Gasteiger partial charge in [0.15, 0.2) is 0 Å². The normalized spacial score (nSPS) is 11.9. The Morgan fingerprint density at radius 2 is 1.74 bits per heavy atom.